The highest BCUT2D eigenvalue weighted by Crippen LogP contribution is 2.22. The second-order valence-electron chi connectivity index (χ2n) is 4.68. The van der Waals surface area contributed by atoms with Crippen LogP contribution in [0.25, 0.3) is 0 Å². The molecule has 1 atom stereocenters. The molecule has 4 nitrogen and oxygen atoms in total. The zero-order valence-electron chi connectivity index (χ0n) is 11.7. The molecule has 0 aromatic heterocycles. The number of aliphatic hydroxyl groups is 1. The average molecular weight is 323 g/mol. The molecule has 0 saturated carbocycles. The van der Waals surface area contributed by atoms with Gasteiger partial charge >= 0.3 is 6.03 Å². The number of carbonyl (C=O) groups excluding carboxylic acids is 1. The topological polar surface area (TPSA) is 61.4 Å². The Labute approximate surface area is 132 Å². The zero-order chi connectivity index (χ0) is 15.9. The Morgan fingerprint density at radius 1 is 1.18 bits per heavy atom. The number of aliphatic hydroxyl groups excluding tert-OH is 1. The van der Waals surface area contributed by atoms with E-state index in [-0.39, 0.29) is 23.4 Å². The molecular weight excluding hydrogens is 307 g/mol. The number of halogens is 2. The minimum absolute atomic E-state index is 0.000750. The minimum Gasteiger partial charge on any atom is -0.396 e. The van der Waals surface area contributed by atoms with E-state index in [4.69, 9.17) is 16.7 Å². The van der Waals surface area contributed by atoms with Gasteiger partial charge in [0.1, 0.15) is 0 Å². The monoisotopic (exact) mass is 322 g/mol. The summed E-state index contributed by atoms with van der Waals surface area (Å²) in [6.45, 7) is -0.0780. The fourth-order valence-corrected chi connectivity index (χ4v) is 2.23. The lowest BCUT2D eigenvalue weighted by atomic mass is 10.0. The van der Waals surface area contributed by atoms with Gasteiger partial charge in [-0.1, -0.05) is 48.0 Å². The maximum atomic E-state index is 13.8. The van der Waals surface area contributed by atoms with Crippen molar-refractivity contribution in [1.29, 1.82) is 0 Å². The maximum absolute atomic E-state index is 13.8. The molecule has 0 aliphatic rings. The van der Waals surface area contributed by atoms with E-state index in [0.717, 1.165) is 5.56 Å². The van der Waals surface area contributed by atoms with E-state index in [1.54, 1.807) is 6.07 Å². The Bertz CT molecular complexity index is 637. The van der Waals surface area contributed by atoms with Gasteiger partial charge < -0.3 is 15.7 Å². The van der Waals surface area contributed by atoms with Crippen LogP contribution in [0.3, 0.4) is 0 Å². The van der Waals surface area contributed by atoms with Crippen molar-refractivity contribution >= 4 is 23.3 Å². The molecule has 0 heterocycles. The number of benzene rings is 2. The lowest BCUT2D eigenvalue weighted by Crippen LogP contribution is -2.33. The van der Waals surface area contributed by atoms with Crippen LogP contribution >= 0.6 is 11.6 Å². The summed E-state index contributed by atoms with van der Waals surface area (Å²) in [7, 11) is 0. The van der Waals surface area contributed by atoms with Gasteiger partial charge in [0.05, 0.1) is 16.8 Å². The molecule has 116 valence electrons. The van der Waals surface area contributed by atoms with Crippen LogP contribution in [-0.2, 0) is 0 Å². The number of amides is 2. The number of hydrogen-bond donors (Lipinski definition) is 3. The predicted octanol–water partition coefficient (Wildman–Crippen LogP) is 3.72. The average Bonchev–Trinajstić information content (AvgIpc) is 2.52. The van der Waals surface area contributed by atoms with Gasteiger partial charge in [0, 0.05) is 6.61 Å². The summed E-state index contributed by atoms with van der Waals surface area (Å²) in [6.07, 6.45) is 0.357. The van der Waals surface area contributed by atoms with Gasteiger partial charge in [-0.25, -0.2) is 9.18 Å². The lowest BCUT2D eigenvalue weighted by Gasteiger charge is -2.19. The maximum Gasteiger partial charge on any atom is 0.319 e. The molecule has 0 aliphatic carbocycles. The predicted molar refractivity (Wildman–Crippen MR) is 84.5 cm³/mol. The van der Waals surface area contributed by atoms with Crippen molar-refractivity contribution in [3.05, 3.63) is 64.9 Å². The third-order valence-electron chi connectivity index (χ3n) is 3.12. The molecule has 2 aromatic carbocycles. The van der Waals surface area contributed by atoms with E-state index in [9.17, 15) is 9.18 Å². The van der Waals surface area contributed by atoms with Crippen LogP contribution in [0.15, 0.2) is 48.5 Å². The van der Waals surface area contributed by atoms with Crippen molar-refractivity contribution in [3.8, 4) is 0 Å². The number of carbonyl (C=O) groups is 1. The van der Waals surface area contributed by atoms with Crippen molar-refractivity contribution in [2.24, 2.45) is 0 Å². The molecular formula is C16H16ClFN2O2. The molecule has 0 radical (unpaired) electrons. The molecule has 0 unspecified atom stereocenters. The fourth-order valence-electron chi connectivity index (χ4n) is 2.05. The number of hydrogen-bond acceptors (Lipinski definition) is 2. The zero-order valence-corrected chi connectivity index (χ0v) is 12.5. The smallest absolute Gasteiger partial charge is 0.319 e. The largest absolute Gasteiger partial charge is 0.396 e. The Kier molecular flexibility index (Phi) is 5.75. The quantitative estimate of drug-likeness (QED) is 0.785. The Hall–Kier alpha value is -2.11. The highest BCUT2D eigenvalue weighted by atomic mass is 35.5. The Morgan fingerprint density at radius 3 is 2.59 bits per heavy atom. The van der Waals surface area contributed by atoms with Crippen molar-refractivity contribution in [3.63, 3.8) is 0 Å². The normalized spacial score (nSPS) is 11.8. The third kappa shape index (κ3) is 4.19. The molecule has 0 aliphatic heterocycles. The number of urea groups is 1. The van der Waals surface area contributed by atoms with Gasteiger partial charge in [-0.05, 0) is 24.1 Å². The first-order valence-electron chi connectivity index (χ1n) is 6.79. The van der Waals surface area contributed by atoms with Gasteiger partial charge in [-0.2, -0.15) is 0 Å². The molecule has 0 fully saturated rings. The standard InChI is InChI=1S/C16H16ClFN2O2/c17-12-7-4-8-14(15(12)18)20-16(22)19-13(9-10-21)11-5-2-1-3-6-11/h1-8,13,21H,9-10H2,(H2,19,20,22)/t13-/m1/s1. The van der Waals surface area contributed by atoms with E-state index < -0.39 is 11.8 Å². The number of rotatable bonds is 5. The molecule has 0 spiro atoms. The Morgan fingerprint density at radius 2 is 1.91 bits per heavy atom. The summed E-state index contributed by atoms with van der Waals surface area (Å²) >= 11 is 5.67. The Balaban J connectivity index is 2.07. The molecule has 2 aromatic rings. The van der Waals surface area contributed by atoms with Crippen LogP contribution in [0.1, 0.15) is 18.0 Å². The molecule has 2 rings (SSSR count). The van der Waals surface area contributed by atoms with E-state index >= 15 is 0 Å². The number of anilines is 1. The van der Waals surface area contributed by atoms with E-state index in [0.29, 0.717) is 6.42 Å². The summed E-state index contributed by atoms with van der Waals surface area (Å²) in [6, 6.07) is 12.7. The van der Waals surface area contributed by atoms with E-state index in [1.807, 2.05) is 30.3 Å². The van der Waals surface area contributed by atoms with Gasteiger partial charge in [-0.3, -0.25) is 0 Å². The molecule has 22 heavy (non-hydrogen) atoms. The molecule has 2 amide bonds. The highest BCUT2D eigenvalue weighted by Gasteiger charge is 2.15. The first kappa shape index (κ1) is 16.3. The van der Waals surface area contributed by atoms with Crippen LogP contribution in [0.2, 0.25) is 5.02 Å². The van der Waals surface area contributed by atoms with Crippen LogP contribution in [0, 0.1) is 5.82 Å². The molecule has 6 heteroatoms. The van der Waals surface area contributed by atoms with Crippen LogP contribution in [0.4, 0.5) is 14.9 Å². The van der Waals surface area contributed by atoms with Crippen molar-refractivity contribution in [2.45, 2.75) is 12.5 Å². The summed E-state index contributed by atoms with van der Waals surface area (Å²) in [4.78, 5) is 12.0. The molecule has 0 bridgehead atoms. The number of nitrogens with one attached hydrogen (secondary N) is 2. The fraction of sp³-hybridized carbons (Fsp3) is 0.188. The van der Waals surface area contributed by atoms with Gasteiger partial charge in [0.25, 0.3) is 0 Å². The van der Waals surface area contributed by atoms with Crippen molar-refractivity contribution < 1.29 is 14.3 Å². The van der Waals surface area contributed by atoms with E-state index in [2.05, 4.69) is 10.6 Å². The van der Waals surface area contributed by atoms with Gasteiger partial charge in [-0.15, -0.1) is 0 Å². The summed E-state index contributed by atoms with van der Waals surface area (Å²) in [5.74, 6) is -0.683. The molecule has 0 saturated heterocycles. The SMILES string of the molecule is O=C(Nc1cccc(Cl)c1F)N[C@H](CCO)c1ccccc1. The first-order chi connectivity index (χ1) is 10.6. The first-order valence-corrected chi connectivity index (χ1v) is 7.17. The summed E-state index contributed by atoms with van der Waals surface area (Å²) in [5, 5.41) is 14.2. The van der Waals surface area contributed by atoms with Crippen LogP contribution in [-0.4, -0.2) is 17.7 Å². The second kappa shape index (κ2) is 7.77. The van der Waals surface area contributed by atoms with Crippen molar-refractivity contribution in [2.75, 3.05) is 11.9 Å². The van der Waals surface area contributed by atoms with Gasteiger partial charge in [0.2, 0.25) is 0 Å². The van der Waals surface area contributed by atoms with E-state index in [1.165, 1.54) is 12.1 Å². The minimum atomic E-state index is -0.683. The van der Waals surface area contributed by atoms with Crippen LogP contribution in [0.5, 0.6) is 0 Å². The van der Waals surface area contributed by atoms with Crippen LogP contribution < -0.4 is 10.6 Å². The summed E-state index contributed by atoms with van der Waals surface area (Å²) in [5.41, 5.74) is 0.860. The lowest BCUT2D eigenvalue weighted by molar-refractivity contribution is 0.239. The van der Waals surface area contributed by atoms with Gasteiger partial charge in [0.15, 0.2) is 5.82 Å². The van der Waals surface area contributed by atoms with Crippen molar-refractivity contribution in [1.82, 2.24) is 5.32 Å². The summed E-state index contributed by atoms with van der Waals surface area (Å²) < 4.78 is 13.8. The second-order valence-corrected chi connectivity index (χ2v) is 5.08. The molecule has 3 N–H and O–H groups in total. The third-order valence-corrected chi connectivity index (χ3v) is 3.42. The highest BCUT2D eigenvalue weighted by molar-refractivity contribution is 6.31.